The van der Waals surface area contributed by atoms with Crippen molar-refractivity contribution in [1.82, 2.24) is 25.1 Å². The second-order valence-electron chi connectivity index (χ2n) is 6.10. The largest absolute Gasteiger partial charge is 0.340 e. The van der Waals surface area contributed by atoms with Crippen LogP contribution in [0.25, 0.3) is 0 Å². The summed E-state index contributed by atoms with van der Waals surface area (Å²) in [5.41, 5.74) is 0.754. The van der Waals surface area contributed by atoms with E-state index in [-0.39, 0.29) is 17.0 Å². The molecular weight excluding hydrogens is 385 g/mol. The molecule has 0 fully saturated rings. The lowest BCUT2D eigenvalue weighted by Gasteiger charge is -2.21. The smallest absolute Gasteiger partial charge is 0.235 e. The lowest BCUT2D eigenvalue weighted by atomic mass is 10.2. The maximum Gasteiger partial charge on any atom is 0.235 e. The van der Waals surface area contributed by atoms with Gasteiger partial charge >= 0.3 is 0 Å². The Morgan fingerprint density at radius 2 is 2.22 bits per heavy atom. The second kappa shape index (κ2) is 9.09. The molecule has 1 atom stereocenters. The maximum absolute atomic E-state index is 13.3. The summed E-state index contributed by atoms with van der Waals surface area (Å²) in [6.45, 7) is 2.84. The molecule has 3 rings (SSSR count). The normalized spacial score (nSPS) is 12.1. The number of aromatic nitrogens is 4. The number of halogens is 1. The van der Waals surface area contributed by atoms with Crippen LogP contribution in [0, 0.1) is 5.82 Å². The molecule has 1 amide bonds. The van der Waals surface area contributed by atoms with Crippen LogP contribution < -0.4 is 0 Å². The highest BCUT2D eigenvalue weighted by Crippen LogP contribution is 2.22. The summed E-state index contributed by atoms with van der Waals surface area (Å²) in [5, 5.41) is 14.1. The van der Waals surface area contributed by atoms with Gasteiger partial charge in [-0.2, -0.15) is 0 Å². The summed E-state index contributed by atoms with van der Waals surface area (Å²) < 4.78 is 15.0. The van der Waals surface area contributed by atoms with Crippen LogP contribution in [-0.2, 0) is 24.3 Å². The van der Waals surface area contributed by atoms with E-state index < -0.39 is 0 Å². The van der Waals surface area contributed by atoms with Gasteiger partial charge in [0.1, 0.15) is 5.82 Å². The van der Waals surface area contributed by atoms with Crippen LogP contribution in [0.15, 0.2) is 46.9 Å². The van der Waals surface area contributed by atoms with Crippen molar-refractivity contribution in [2.45, 2.75) is 36.8 Å². The molecule has 0 N–H and O–H groups in total. The van der Waals surface area contributed by atoms with E-state index in [1.54, 1.807) is 40.1 Å². The lowest BCUT2D eigenvalue weighted by Crippen LogP contribution is -2.33. The van der Waals surface area contributed by atoms with E-state index in [0.717, 1.165) is 12.0 Å². The van der Waals surface area contributed by atoms with E-state index in [4.69, 9.17) is 0 Å². The van der Waals surface area contributed by atoms with Gasteiger partial charge in [-0.05, 0) is 46.5 Å². The van der Waals surface area contributed by atoms with E-state index in [0.29, 0.717) is 18.2 Å². The predicted octanol–water partition coefficient (Wildman–Crippen LogP) is 3.26. The monoisotopic (exact) mass is 405 g/mol. The molecule has 0 bridgehead atoms. The van der Waals surface area contributed by atoms with Crippen LogP contribution in [0.3, 0.4) is 0 Å². The number of nitrogens with zero attached hydrogens (tertiary/aromatic N) is 5. The van der Waals surface area contributed by atoms with E-state index >= 15 is 0 Å². The van der Waals surface area contributed by atoms with Gasteiger partial charge in [-0.25, -0.2) is 9.07 Å². The van der Waals surface area contributed by atoms with E-state index in [9.17, 15) is 9.18 Å². The quantitative estimate of drug-likeness (QED) is 0.538. The Morgan fingerprint density at radius 3 is 2.96 bits per heavy atom. The second-order valence-corrected chi connectivity index (χ2v) is 8.44. The van der Waals surface area contributed by atoms with E-state index in [2.05, 4.69) is 21.6 Å². The van der Waals surface area contributed by atoms with Crippen molar-refractivity contribution in [3.8, 4) is 0 Å². The van der Waals surface area contributed by atoms with Gasteiger partial charge in [0.25, 0.3) is 0 Å². The number of amides is 1. The van der Waals surface area contributed by atoms with Crippen LogP contribution in [0.4, 0.5) is 4.39 Å². The third-order valence-electron chi connectivity index (χ3n) is 3.96. The first-order chi connectivity index (χ1) is 13.0. The highest BCUT2D eigenvalue weighted by atomic mass is 32.2. The summed E-state index contributed by atoms with van der Waals surface area (Å²) in [4.78, 5) is 15.5. The lowest BCUT2D eigenvalue weighted by molar-refractivity contribution is -0.129. The predicted molar refractivity (Wildman–Crippen MR) is 104 cm³/mol. The van der Waals surface area contributed by atoms with Gasteiger partial charge < -0.3 is 4.90 Å². The molecule has 0 saturated heterocycles. The number of thioether (sulfide) groups is 1. The average molecular weight is 406 g/mol. The molecular formula is C18H20FN5OS2. The summed E-state index contributed by atoms with van der Waals surface area (Å²) in [6.07, 6.45) is 0.845. The van der Waals surface area contributed by atoms with Gasteiger partial charge in [-0.1, -0.05) is 30.0 Å². The summed E-state index contributed by atoms with van der Waals surface area (Å²) >= 11 is 3.03. The molecule has 3 aromatic rings. The van der Waals surface area contributed by atoms with Gasteiger partial charge in [0.05, 0.1) is 11.8 Å². The van der Waals surface area contributed by atoms with Gasteiger partial charge in [-0.3, -0.25) is 4.79 Å². The zero-order valence-corrected chi connectivity index (χ0v) is 16.7. The van der Waals surface area contributed by atoms with Crippen LogP contribution in [-0.4, -0.2) is 43.3 Å². The molecule has 9 heteroatoms. The number of carbonyl (C=O) groups excluding carboxylic acids is 1. The summed E-state index contributed by atoms with van der Waals surface area (Å²) in [7, 11) is 1.71. The van der Waals surface area contributed by atoms with Crippen molar-refractivity contribution in [3.63, 3.8) is 0 Å². The van der Waals surface area contributed by atoms with Gasteiger partial charge in [0, 0.05) is 24.9 Å². The zero-order chi connectivity index (χ0) is 19.2. The number of hydrogen-bond donors (Lipinski definition) is 0. The molecule has 0 aliphatic rings. The molecule has 0 saturated carbocycles. The zero-order valence-electron chi connectivity index (χ0n) is 15.1. The molecule has 2 heterocycles. The van der Waals surface area contributed by atoms with Crippen molar-refractivity contribution < 1.29 is 9.18 Å². The fraction of sp³-hybridized carbons (Fsp3) is 0.333. The molecule has 1 aromatic carbocycles. The Labute approximate surface area is 165 Å². The molecule has 142 valence electrons. The van der Waals surface area contributed by atoms with Gasteiger partial charge in [0.15, 0.2) is 0 Å². The highest BCUT2D eigenvalue weighted by molar-refractivity contribution is 8.00. The average Bonchev–Trinajstić information content (AvgIpc) is 3.31. The first-order valence-electron chi connectivity index (χ1n) is 8.47. The van der Waals surface area contributed by atoms with Crippen LogP contribution in [0.5, 0.6) is 0 Å². The third-order valence-corrected chi connectivity index (χ3v) is 5.96. The fourth-order valence-electron chi connectivity index (χ4n) is 2.60. The molecule has 1 unspecified atom stereocenters. The number of benzene rings is 1. The number of thiophene rings is 1. The number of aryl methyl sites for hydroxylation is 2. The van der Waals surface area contributed by atoms with E-state index in [1.807, 2.05) is 18.4 Å². The molecule has 0 radical (unpaired) electrons. The van der Waals surface area contributed by atoms with Crippen LogP contribution in [0.2, 0.25) is 0 Å². The molecule has 0 aliphatic carbocycles. The standard InChI is InChI=1S/C18H20FN5OS2/c1-13(17(25)23(2)12-14-5-3-6-15(19)11-14)27-18-20-21-22-24(18)9-8-16-7-4-10-26-16/h3-7,10-11,13H,8-9,12H2,1-2H3. The van der Waals surface area contributed by atoms with E-state index in [1.165, 1.54) is 28.8 Å². The molecule has 27 heavy (non-hydrogen) atoms. The highest BCUT2D eigenvalue weighted by Gasteiger charge is 2.22. The summed E-state index contributed by atoms with van der Waals surface area (Å²) in [6, 6.07) is 10.4. The van der Waals surface area contributed by atoms with Crippen molar-refractivity contribution >= 4 is 29.0 Å². The Balaban J connectivity index is 1.57. The Morgan fingerprint density at radius 1 is 1.37 bits per heavy atom. The van der Waals surface area contributed by atoms with Crippen LogP contribution >= 0.6 is 23.1 Å². The fourth-order valence-corrected chi connectivity index (χ4v) is 4.23. The van der Waals surface area contributed by atoms with Crippen molar-refractivity contribution in [2.24, 2.45) is 0 Å². The minimum Gasteiger partial charge on any atom is -0.340 e. The molecule has 6 nitrogen and oxygen atoms in total. The minimum atomic E-state index is -0.352. The van der Waals surface area contributed by atoms with Crippen LogP contribution in [0.1, 0.15) is 17.4 Å². The summed E-state index contributed by atoms with van der Waals surface area (Å²) in [5.74, 6) is -0.363. The molecule has 2 aromatic heterocycles. The first-order valence-corrected chi connectivity index (χ1v) is 10.2. The third kappa shape index (κ3) is 5.36. The molecule has 0 spiro atoms. The minimum absolute atomic E-state index is 0.0583. The topological polar surface area (TPSA) is 63.9 Å². The maximum atomic E-state index is 13.3. The number of rotatable bonds is 8. The van der Waals surface area contributed by atoms with Crippen molar-refractivity contribution in [2.75, 3.05) is 7.05 Å². The Kier molecular flexibility index (Phi) is 6.57. The SMILES string of the molecule is CC(Sc1nnnn1CCc1cccs1)C(=O)N(C)Cc1cccc(F)c1. The first kappa shape index (κ1) is 19.5. The number of carbonyl (C=O) groups is 1. The molecule has 0 aliphatic heterocycles. The Hall–Kier alpha value is -2.26. The Bertz CT molecular complexity index is 884. The van der Waals surface area contributed by atoms with Crippen molar-refractivity contribution in [3.05, 3.63) is 58.0 Å². The number of hydrogen-bond acceptors (Lipinski definition) is 6. The van der Waals surface area contributed by atoms with Crippen molar-refractivity contribution in [1.29, 1.82) is 0 Å². The number of tetrazole rings is 1. The van der Waals surface area contributed by atoms with Gasteiger partial charge in [0.2, 0.25) is 11.1 Å². The van der Waals surface area contributed by atoms with Gasteiger partial charge in [-0.15, -0.1) is 16.4 Å².